The van der Waals surface area contributed by atoms with Gasteiger partial charge in [-0.2, -0.15) is 0 Å². The van der Waals surface area contributed by atoms with Crippen LogP contribution in [0.2, 0.25) is 0 Å². The monoisotopic (exact) mass is 492 g/mol. The SMILES string of the molecule is Cc1cccc([C@H](NC(=S)Nc2cccc(C(=O)c3ccc(C(C)(C)C)cc3)c2)c2ccccc2)c1. The van der Waals surface area contributed by atoms with E-state index >= 15 is 0 Å². The summed E-state index contributed by atoms with van der Waals surface area (Å²) in [6.07, 6.45) is 0. The summed E-state index contributed by atoms with van der Waals surface area (Å²) in [7, 11) is 0. The highest BCUT2D eigenvalue weighted by atomic mass is 32.1. The normalized spacial score (nSPS) is 12.0. The minimum Gasteiger partial charge on any atom is -0.352 e. The molecule has 4 aromatic carbocycles. The Kier molecular flexibility index (Phi) is 7.66. The van der Waals surface area contributed by atoms with Crippen LogP contribution in [0.1, 0.15) is 65.0 Å². The first-order chi connectivity index (χ1) is 17.2. The fourth-order valence-electron chi connectivity index (χ4n) is 4.18. The van der Waals surface area contributed by atoms with Crippen molar-refractivity contribution in [3.8, 4) is 0 Å². The Morgan fingerprint density at radius 3 is 2.08 bits per heavy atom. The number of hydrogen-bond donors (Lipinski definition) is 2. The van der Waals surface area contributed by atoms with Gasteiger partial charge in [0.15, 0.2) is 10.9 Å². The van der Waals surface area contributed by atoms with Gasteiger partial charge in [0.1, 0.15) is 0 Å². The second kappa shape index (κ2) is 10.9. The minimum atomic E-state index is -0.0998. The van der Waals surface area contributed by atoms with Gasteiger partial charge in [0.25, 0.3) is 0 Å². The number of carbonyl (C=O) groups is 1. The number of aryl methyl sites for hydroxylation is 1. The smallest absolute Gasteiger partial charge is 0.193 e. The Bertz CT molecular complexity index is 1360. The lowest BCUT2D eigenvalue weighted by Crippen LogP contribution is -2.33. The van der Waals surface area contributed by atoms with Crippen molar-refractivity contribution in [2.45, 2.75) is 39.2 Å². The molecule has 4 aromatic rings. The molecule has 36 heavy (non-hydrogen) atoms. The summed E-state index contributed by atoms with van der Waals surface area (Å²) in [5.74, 6) is -0.0140. The van der Waals surface area contributed by atoms with Gasteiger partial charge in [0.2, 0.25) is 0 Å². The number of ketones is 1. The van der Waals surface area contributed by atoms with Crippen molar-refractivity contribution in [3.05, 3.63) is 137 Å². The van der Waals surface area contributed by atoms with Gasteiger partial charge in [-0.15, -0.1) is 0 Å². The average molecular weight is 493 g/mol. The molecule has 0 saturated carbocycles. The molecule has 0 aliphatic carbocycles. The van der Waals surface area contributed by atoms with E-state index < -0.39 is 0 Å². The topological polar surface area (TPSA) is 41.1 Å². The summed E-state index contributed by atoms with van der Waals surface area (Å²) in [5.41, 5.74) is 6.74. The summed E-state index contributed by atoms with van der Waals surface area (Å²) < 4.78 is 0. The van der Waals surface area contributed by atoms with Crippen LogP contribution in [-0.2, 0) is 5.41 Å². The van der Waals surface area contributed by atoms with Gasteiger partial charge in [-0.3, -0.25) is 4.79 Å². The van der Waals surface area contributed by atoms with Crippen molar-refractivity contribution < 1.29 is 4.79 Å². The summed E-state index contributed by atoms with van der Waals surface area (Å²) in [6, 6.07) is 33.9. The van der Waals surface area contributed by atoms with Gasteiger partial charge < -0.3 is 10.6 Å². The van der Waals surface area contributed by atoms with E-state index in [2.05, 4.69) is 74.7 Å². The molecule has 0 amide bonds. The summed E-state index contributed by atoms with van der Waals surface area (Å²) in [4.78, 5) is 13.1. The number of carbonyl (C=O) groups excluding carboxylic acids is 1. The highest BCUT2D eigenvalue weighted by molar-refractivity contribution is 7.80. The van der Waals surface area contributed by atoms with E-state index in [1.165, 1.54) is 11.1 Å². The van der Waals surface area contributed by atoms with Crippen molar-refractivity contribution in [2.24, 2.45) is 0 Å². The predicted octanol–water partition coefficient (Wildman–Crippen LogP) is 7.60. The van der Waals surface area contributed by atoms with Crippen LogP contribution in [0.25, 0.3) is 0 Å². The Morgan fingerprint density at radius 1 is 0.750 bits per heavy atom. The van der Waals surface area contributed by atoms with Crippen molar-refractivity contribution in [1.29, 1.82) is 0 Å². The number of hydrogen-bond acceptors (Lipinski definition) is 2. The van der Waals surface area contributed by atoms with E-state index in [4.69, 9.17) is 12.2 Å². The van der Waals surface area contributed by atoms with Gasteiger partial charge in [0.05, 0.1) is 6.04 Å². The van der Waals surface area contributed by atoms with Gasteiger partial charge in [0, 0.05) is 16.8 Å². The van der Waals surface area contributed by atoms with Crippen LogP contribution in [0, 0.1) is 6.92 Å². The number of rotatable bonds is 6. The number of benzene rings is 4. The number of thiocarbonyl (C=S) groups is 1. The van der Waals surface area contributed by atoms with Crippen molar-refractivity contribution >= 4 is 28.8 Å². The molecule has 0 unspecified atom stereocenters. The average Bonchev–Trinajstić information content (AvgIpc) is 2.87. The summed E-state index contributed by atoms with van der Waals surface area (Å²) in [6.45, 7) is 8.58. The van der Waals surface area contributed by atoms with E-state index in [9.17, 15) is 4.79 Å². The number of nitrogens with one attached hydrogen (secondary N) is 2. The second-order valence-electron chi connectivity index (χ2n) is 10.1. The van der Waals surface area contributed by atoms with Gasteiger partial charge in [-0.05, 0) is 53.4 Å². The molecule has 4 heteroatoms. The van der Waals surface area contributed by atoms with Crippen LogP contribution in [0.3, 0.4) is 0 Å². The summed E-state index contributed by atoms with van der Waals surface area (Å²) >= 11 is 5.69. The Morgan fingerprint density at radius 2 is 1.42 bits per heavy atom. The molecule has 182 valence electrons. The fraction of sp³-hybridized carbons (Fsp3) is 0.188. The van der Waals surface area contributed by atoms with Crippen LogP contribution in [0.15, 0.2) is 103 Å². The molecule has 0 radical (unpaired) electrons. The fourth-order valence-corrected chi connectivity index (χ4v) is 4.41. The molecule has 0 aliphatic rings. The maximum absolute atomic E-state index is 13.1. The van der Waals surface area contributed by atoms with Crippen LogP contribution < -0.4 is 10.6 Å². The van der Waals surface area contributed by atoms with Crippen molar-refractivity contribution in [3.63, 3.8) is 0 Å². The molecule has 0 spiro atoms. The second-order valence-corrected chi connectivity index (χ2v) is 10.5. The molecule has 0 saturated heterocycles. The first kappa shape index (κ1) is 25.3. The molecular formula is C32H32N2OS. The first-order valence-electron chi connectivity index (χ1n) is 12.1. The first-order valence-corrected chi connectivity index (χ1v) is 12.6. The molecule has 4 rings (SSSR count). The van der Waals surface area contributed by atoms with Crippen LogP contribution in [-0.4, -0.2) is 10.9 Å². The molecular weight excluding hydrogens is 460 g/mol. The Labute approximate surface area is 219 Å². The molecule has 0 fully saturated rings. The van der Waals surface area contributed by atoms with Crippen LogP contribution in [0.4, 0.5) is 5.69 Å². The van der Waals surface area contributed by atoms with E-state index in [1.807, 2.05) is 66.7 Å². The van der Waals surface area contributed by atoms with Gasteiger partial charge in [-0.1, -0.05) is 117 Å². The lowest BCUT2D eigenvalue weighted by Gasteiger charge is -2.22. The minimum absolute atomic E-state index is 0.0140. The van der Waals surface area contributed by atoms with Crippen molar-refractivity contribution in [2.75, 3.05) is 5.32 Å². The lowest BCUT2D eigenvalue weighted by molar-refractivity contribution is 0.103. The number of anilines is 1. The maximum Gasteiger partial charge on any atom is 0.193 e. The van der Waals surface area contributed by atoms with Gasteiger partial charge in [-0.25, -0.2) is 0 Å². The highest BCUT2D eigenvalue weighted by Crippen LogP contribution is 2.25. The van der Waals surface area contributed by atoms with Crippen LogP contribution >= 0.6 is 12.2 Å². The molecule has 0 heterocycles. The zero-order valence-corrected chi connectivity index (χ0v) is 22.0. The zero-order chi connectivity index (χ0) is 25.7. The maximum atomic E-state index is 13.1. The van der Waals surface area contributed by atoms with Crippen molar-refractivity contribution in [1.82, 2.24) is 5.32 Å². The Hall–Kier alpha value is -3.76. The lowest BCUT2D eigenvalue weighted by atomic mass is 9.86. The van der Waals surface area contributed by atoms with E-state index in [1.54, 1.807) is 0 Å². The Balaban J connectivity index is 1.51. The molecule has 0 aromatic heterocycles. The molecule has 3 nitrogen and oxygen atoms in total. The molecule has 0 bridgehead atoms. The zero-order valence-electron chi connectivity index (χ0n) is 21.2. The quantitative estimate of drug-likeness (QED) is 0.215. The highest BCUT2D eigenvalue weighted by Gasteiger charge is 2.17. The molecule has 1 atom stereocenters. The predicted molar refractivity (Wildman–Crippen MR) is 154 cm³/mol. The van der Waals surface area contributed by atoms with Crippen LogP contribution in [0.5, 0.6) is 0 Å². The molecule has 0 aliphatic heterocycles. The largest absolute Gasteiger partial charge is 0.352 e. The van der Waals surface area contributed by atoms with E-state index in [-0.39, 0.29) is 17.2 Å². The van der Waals surface area contributed by atoms with Gasteiger partial charge >= 0.3 is 0 Å². The van der Waals surface area contributed by atoms with E-state index in [0.29, 0.717) is 16.2 Å². The van der Waals surface area contributed by atoms with E-state index in [0.717, 1.165) is 16.8 Å². The third-order valence-electron chi connectivity index (χ3n) is 6.18. The third kappa shape index (κ3) is 6.27. The summed E-state index contributed by atoms with van der Waals surface area (Å²) in [5, 5.41) is 7.22. The standard InChI is InChI=1S/C32H32N2OS/c1-22-10-8-13-25(20-22)29(23-11-6-5-7-12-23)34-31(36)33-28-15-9-14-26(21-28)30(35)24-16-18-27(19-17-24)32(2,3)4/h5-21,29H,1-4H3,(H2,33,34,36)/t29-/m1/s1. The third-order valence-corrected chi connectivity index (χ3v) is 6.40. The molecule has 2 N–H and O–H groups in total.